The van der Waals surface area contributed by atoms with Crippen LogP contribution in [-0.4, -0.2) is 49.7 Å². The van der Waals surface area contributed by atoms with Gasteiger partial charge in [0.25, 0.3) is 0 Å². The van der Waals surface area contributed by atoms with Crippen LogP contribution in [0.1, 0.15) is 27.2 Å². The number of nitrogens with zero attached hydrogens (tertiary/aromatic N) is 1. The van der Waals surface area contributed by atoms with Gasteiger partial charge in [0.1, 0.15) is 0 Å². The molecule has 2 atom stereocenters. The number of hydrogen-bond donors (Lipinski definition) is 0. The molecule has 0 N–H and O–H groups in total. The summed E-state index contributed by atoms with van der Waals surface area (Å²) in [6, 6.07) is 0. The van der Waals surface area contributed by atoms with E-state index in [2.05, 4.69) is 0 Å². The van der Waals surface area contributed by atoms with E-state index in [9.17, 15) is 9.59 Å². The molecule has 1 aliphatic rings. The zero-order valence-electron chi connectivity index (χ0n) is 11.5. The van der Waals surface area contributed by atoms with Crippen LogP contribution in [0.5, 0.6) is 0 Å². The van der Waals surface area contributed by atoms with Gasteiger partial charge in [-0.15, -0.1) is 0 Å². The van der Waals surface area contributed by atoms with Crippen LogP contribution in [0.4, 0.5) is 0 Å². The average molecular weight is 257 g/mol. The van der Waals surface area contributed by atoms with Crippen molar-refractivity contribution in [2.45, 2.75) is 27.2 Å². The van der Waals surface area contributed by atoms with Crippen molar-refractivity contribution in [2.24, 2.45) is 11.8 Å². The van der Waals surface area contributed by atoms with E-state index in [1.54, 1.807) is 6.92 Å². The van der Waals surface area contributed by atoms with Crippen LogP contribution in [0.3, 0.4) is 0 Å². The first-order valence-corrected chi connectivity index (χ1v) is 6.63. The Balaban J connectivity index is 2.40. The minimum atomic E-state index is -0.195. The van der Waals surface area contributed by atoms with Gasteiger partial charge in [-0.25, -0.2) is 0 Å². The molecule has 1 saturated heterocycles. The van der Waals surface area contributed by atoms with Crippen LogP contribution in [0.15, 0.2) is 0 Å². The van der Waals surface area contributed by atoms with Crippen LogP contribution in [0.2, 0.25) is 0 Å². The maximum Gasteiger partial charge on any atom is 0.320 e. The first-order chi connectivity index (χ1) is 8.58. The van der Waals surface area contributed by atoms with Crippen LogP contribution < -0.4 is 0 Å². The summed E-state index contributed by atoms with van der Waals surface area (Å²) in [5.41, 5.74) is 0. The second-order valence-electron chi connectivity index (χ2n) is 4.66. The Bertz CT molecular complexity index is 293. The summed E-state index contributed by atoms with van der Waals surface area (Å²) in [7, 11) is 0. The van der Waals surface area contributed by atoms with Crippen LogP contribution in [0, 0.1) is 11.8 Å². The van der Waals surface area contributed by atoms with Crippen molar-refractivity contribution in [3.05, 3.63) is 0 Å². The lowest BCUT2D eigenvalue weighted by Gasteiger charge is -2.34. The molecule has 0 aromatic rings. The Labute approximate surface area is 108 Å². The molecule has 5 nitrogen and oxygen atoms in total. The normalized spacial score (nSPS) is 24.6. The van der Waals surface area contributed by atoms with Gasteiger partial charge in [-0.05, 0) is 32.7 Å². The molecule has 0 aliphatic carbocycles. The predicted molar refractivity (Wildman–Crippen MR) is 67.0 cm³/mol. The summed E-state index contributed by atoms with van der Waals surface area (Å²) in [5, 5.41) is 0. The number of piperidine rings is 1. The highest BCUT2D eigenvalue weighted by molar-refractivity contribution is 5.73. The lowest BCUT2D eigenvalue weighted by atomic mass is 9.87. The Kier molecular flexibility index (Phi) is 6.12. The van der Waals surface area contributed by atoms with Gasteiger partial charge < -0.3 is 9.47 Å². The topological polar surface area (TPSA) is 55.8 Å². The molecule has 0 bridgehead atoms. The fourth-order valence-corrected chi connectivity index (χ4v) is 2.36. The molecule has 0 aromatic carbocycles. The third kappa shape index (κ3) is 4.29. The molecular formula is C13H23NO4. The molecule has 2 unspecified atom stereocenters. The number of ether oxygens (including phenoxy) is 2. The van der Waals surface area contributed by atoms with E-state index in [1.807, 2.05) is 18.7 Å². The van der Waals surface area contributed by atoms with Crippen molar-refractivity contribution in [1.82, 2.24) is 4.90 Å². The molecule has 18 heavy (non-hydrogen) atoms. The van der Waals surface area contributed by atoms with E-state index in [4.69, 9.17) is 9.47 Å². The Morgan fingerprint density at radius 3 is 2.44 bits per heavy atom. The lowest BCUT2D eigenvalue weighted by Crippen LogP contribution is -2.44. The van der Waals surface area contributed by atoms with E-state index >= 15 is 0 Å². The number of likely N-dealkylation sites (tertiary alicyclic amines) is 1. The first-order valence-electron chi connectivity index (χ1n) is 6.63. The number of rotatable bonds is 5. The second-order valence-corrected chi connectivity index (χ2v) is 4.66. The molecule has 0 spiro atoms. The summed E-state index contributed by atoms with van der Waals surface area (Å²) in [6.45, 7) is 8.27. The first kappa shape index (κ1) is 15.0. The van der Waals surface area contributed by atoms with Gasteiger partial charge in [0.15, 0.2) is 0 Å². The minimum absolute atomic E-state index is 0.0385. The van der Waals surface area contributed by atoms with E-state index < -0.39 is 0 Å². The SMILES string of the molecule is CCOC(=O)CN1CCC(C(=O)OCC)C(C)C1. The average Bonchev–Trinajstić information content (AvgIpc) is 2.29. The van der Waals surface area contributed by atoms with E-state index in [-0.39, 0.29) is 23.8 Å². The molecule has 104 valence electrons. The zero-order chi connectivity index (χ0) is 13.5. The largest absolute Gasteiger partial charge is 0.466 e. The third-order valence-corrected chi connectivity index (χ3v) is 3.24. The van der Waals surface area contributed by atoms with Gasteiger partial charge in [-0.2, -0.15) is 0 Å². The maximum absolute atomic E-state index is 11.7. The van der Waals surface area contributed by atoms with Gasteiger partial charge in [0.05, 0.1) is 25.7 Å². The summed E-state index contributed by atoms with van der Waals surface area (Å²) in [5.74, 6) is -0.129. The highest BCUT2D eigenvalue weighted by Crippen LogP contribution is 2.24. The lowest BCUT2D eigenvalue weighted by molar-refractivity contribution is -0.152. The van der Waals surface area contributed by atoms with Crippen LogP contribution in [0.25, 0.3) is 0 Å². The maximum atomic E-state index is 11.7. The fraction of sp³-hybridized carbons (Fsp3) is 0.846. The van der Waals surface area contributed by atoms with Gasteiger partial charge in [-0.1, -0.05) is 6.92 Å². The molecule has 0 saturated carbocycles. The molecular weight excluding hydrogens is 234 g/mol. The Morgan fingerprint density at radius 1 is 1.22 bits per heavy atom. The van der Waals surface area contributed by atoms with Gasteiger partial charge in [0.2, 0.25) is 0 Å². The standard InChI is InChI=1S/C13H23NO4/c1-4-17-12(15)9-14-7-6-11(10(3)8-14)13(16)18-5-2/h10-11H,4-9H2,1-3H3. The van der Waals surface area contributed by atoms with Crippen molar-refractivity contribution >= 4 is 11.9 Å². The van der Waals surface area contributed by atoms with Gasteiger partial charge in [-0.3, -0.25) is 14.5 Å². The zero-order valence-corrected chi connectivity index (χ0v) is 11.5. The molecule has 1 rings (SSSR count). The quantitative estimate of drug-likeness (QED) is 0.690. The summed E-state index contributed by atoms with van der Waals surface area (Å²) in [6.07, 6.45) is 0.749. The Morgan fingerprint density at radius 2 is 1.89 bits per heavy atom. The van der Waals surface area contributed by atoms with E-state index in [0.29, 0.717) is 19.8 Å². The van der Waals surface area contributed by atoms with Crippen LogP contribution in [-0.2, 0) is 19.1 Å². The van der Waals surface area contributed by atoms with E-state index in [1.165, 1.54) is 0 Å². The van der Waals surface area contributed by atoms with Crippen molar-refractivity contribution in [1.29, 1.82) is 0 Å². The monoisotopic (exact) mass is 257 g/mol. The smallest absolute Gasteiger partial charge is 0.320 e. The highest BCUT2D eigenvalue weighted by Gasteiger charge is 2.32. The summed E-state index contributed by atoms with van der Waals surface area (Å²) < 4.78 is 9.98. The van der Waals surface area contributed by atoms with Gasteiger partial charge in [0, 0.05) is 6.54 Å². The third-order valence-electron chi connectivity index (χ3n) is 3.24. The summed E-state index contributed by atoms with van der Waals surface area (Å²) >= 11 is 0. The molecule has 1 fully saturated rings. The van der Waals surface area contributed by atoms with Crippen molar-refractivity contribution in [2.75, 3.05) is 32.8 Å². The summed E-state index contributed by atoms with van der Waals surface area (Å²) in [4.78, 5) is 25.1. The predicted octanol–water partition coefficient (Wildman–Crippen LogP) is 1.07. The number of carbonyl (C=O) groups excluding carboxylic acids is 2. The van der Waals surface area contributed by atoms with Crippen molar-refractivity contribution in [3.63, 3.8) is 0 Å². The van der Waals surface area contributed by atoms with E-state index in [0.717, 1.165) is 19.5 Å². The van der Waals surface area contributed by atoms with Crippen molar-refractivity contribution in [3.8, 4) is 0 Å². The van der Waals surface area contributed by atoms with Crippen molar-refractivity contribution < 1.29 is 19.1 Å². The number of hydrogen-bond acceptors (Lipinski definition) is 5. The molecule has 0 aromatic heterocycles. The number of carbonyl (C=O) groups is 2. The molecule has 1 aliphatic heterocycles. The number of esters is 2. The van der Waals surface area contributed by atoms with Gasteiger partial charge >= 0.3 is 11.9 Å². The van der Waals surface area contributed by atoms with Crippen LogP contribution >= 0.6 is 0 Å². The Hall–Kier alpha value is -1.10. The molecule has 5 heteroatoms. The second kappa shape index (κ2) is 7.36. The minimum Gasteiger partial charge on any atom is -0.466 e. The molecule has 1 heterocycles. The molecule has 0 radical (unpaired) electrons. The highest BCUT2D eigenvalue weighted by atomic mass is 16.5. The molecule has 0 amide bonds. The fourth-order valence-electron chi connectivity index (χ4n) is 2.36.